The van der Waals surface area contributed by atoms with Crippen LogP contribution in [0, 0.1) is 11.3 Å². The van der Waals surface area contributed by atoms with Gasteiger partial charge in [-0.1, -0.05) is 17.8 Å². The summed E-state index contributed by atoms with van der Waals surface area (Å²) in [7, 11) is 0. The first kappa shape index (κ1) is 18.0. The lowest BCUT2D eigenvalue weighted by molar-refractivity contribution is -0.139. The lowest BCUT2D eigenvalue weighted by Crippen LogP contribution is -2.07. The largest absolute Gasteiger partial charge is 0.465 e. The van der Waals surface area contributed by atoms with Crippen molar-refractivity contribution < 1.29 is 9.53 Å². The molecule has 0 atom stereocenters. The van der Waals surface area contributed by atoms with Crippen molar-refractivity contribution in [2.75, 3.05) is 12.4 Å². The van der Waals surface area contributed by atoms with E-state index in [-0.39, 0.29) is 11.7 Å². The number of carbonyl (C=O) groups is 1. The number of rotatable bonds is 6. The van der Waals surface area contributed by atoms with Crippen LogP contribution in [-0.2, 0) is 9.53 Å². The van der Waals surface area contributed by atoms with E-state index in [9.17, 15) is 10.1 Å². The molecule has 0 aliphatic rings. The zero-order valence-electron chi connectivity index (χ0n) is 13.9. The molecular formula is C18H14N4O2S2. The minimum atomic E-state index is -0.342. The van der Waals surface area contributed by atoms with Crippen molar-refractivity contribution in [3.63, 3.8) is 0 Å². The zero-order chi connectivity index (χ0) is 18.4. The molecule has 0 fully saturated rings. The molecule has 8 heteroatoms. The van der Waals surface area contributed by atoms with Crippen molar-refractivity contribution in [2.45, 2.75) is 11.9 Å². The average molecular weight is 382 g/mol. The van der Waals surface area contributed by atoms with Crippen molar-refractivity contribution in [2.24, 2.45) is 0 Å². The fourth-order valence-corrected chi connectivity index (χ4v) is 3.80. The van der Waals surface area contributed by atoms with Gasteiger partial charge in [0, 0.05) is 22.8 Å². The van der Waals surface area contributed by atoms with Gasteiger partial charge < -0.3 is 4.74 Å². The second-order valence-electron chi connectivity index (χ2n) is 5.01. The van der Waals surface area contributed by atoms with Crippen molar-refractivity contribution in [1.82, 2.24) is 15.0 Å². The molecule has 0 saturated heterocycles. The van der Waals surface area contributed by atoms with E-state index < -0.39 is 0 Å². The van der Waals surface area contributed by atoms with E-state index in [2.05, 4.69) is 21.0 Å². The zero-order valence-corrected chi connectivity index (χ0v) is 15.5. The Morgan fingerprint density at radius 2 is 2.27 bits per heavy atom. The molecule has 0 N–H and O–H groups in total. The van der Waals surface area contributed by atoms with Gasteiger partial charge in [-0.05, 0) is 24.4 Å². The van der Waals surface area contributed by atoms with Crippen molar-refractivity contribution in [3.05, 3.63) is 47.7 Å². The van der Waals surface area contributed by atoms with Gasteiger partial charge in [-0.15, -0.1) is 11.3 Å². The number of ether oxygens (including phenoxy) is 1. The predicted octanol–water partition coefficient (Wildman–Crippen LogP) is 3.79. The Bertz CT molecular complexity index is 938. The number of aromatic nitrogens is 3. The van der Waals surface area contributed by atoms with E-state index in [0.29, 0.717) is 28.6 Å². The Morgan fingerprint density at radius 1 is 1.38 bits per heavy atom. The Labute approximate surface area is 158 Å². The first-order valence-corrected chi connectivity index (χ1v) is 9.63. The maximum absolute atomic E-state index is 11.7. The number of pyridine rings is 1. The SMILES string of the molecule is CCOC(=O)CSc1nc(-c2cnccn2)cc(-c2cccs2)c1C#N. The van der Waals surface area contributed by atoms with E-state index in [1.54, 1.807) is 25.5 Å². The van der Waals surface area contributed by atoms with Crippen LogP contribution < -0.4 is 0 Å². The molecule has 3 heterocycles. The summed E-state index contributed by atoms with van der Waals surface area (Å²) in [4.78, 5) is 25.6. The van der Waals surface area contributed by atoms with Crippen LogP contribution in [0.4, 0.5) is 0 Å². The van der Waals surface area contributed by atoms with Gasteiger partial charge in [0.1, 0.15) is 16.8 Å². The van der Waals surface area contributed by atoms with Gasteiger partial charge in [-0.2, -0.15) is 5.26 Å². The average Bonchev–Trinajstić information content (AvgIpc) is 3.21. The molecule has 0 aliphatic carbocycles. The highest BCUT2D eigenvalue weighted by molar-refractivity contribution is 7.99. The normalized spacial score (nSPS) is 10.3. The van der Waals surface area contributed by atoms with Gasteiger partial charge in [0.15, 0.2) is 0 Å². The van der Waals surface area contributed by atoms with Crippen LogP contribution in [0.5, 0.6) is 0 Å². The summed E-state index contributed by atoms with van der Waals surface area (Å²) in [5.41, 5.74) is 2.42. The van der Waals surface area contributed by atoms with E-state index in [1.807, 2.05) is 23.6 Å². The molecule has 6 nitrogen and oxygen atoms in total. The predicted molar refractivity (Wildman–Crippen MR) is 101 cm³/mol. The van der Waals surface area contributed by atoms with Crippen molar-refractivity contribution in [3.8, 4) is 27.9 Å². The lowest BCUT2D eigenvalue weighted by atomic mass is 10.1. The Balaban J connectivity index is 2.07. The highest BCUT2D eigenvalue weighted by Gasteiger charge is 2.18. The molecular weight excluding hydrogens is 368 g/mol. The number of hydrogen-bond donors (Lipinski definition) is 0. The quantitative estimate of drug-likeness (QED) is 0.473. The molecule has 3 aromatic heterocycles. The van der Waals surface area contributed by atoms with E-state index in [0.717, 1.165) is 10.4 Å². The molecule has 26 heavy (non-hydrogen) atoms. The van der Waals surface area contributed by atoms with Gasteiger partial charge in [-0.25, -0.2) is 4.98 Å². The lowest BCUT2D eigenvalue weighted by Gasteiger charge is -2.10. The third kappa shape index (κ3) is 4.07. The van der Waals surface area contributed by atoms with Gasteiger partial charge >= 0.3 is 5.97 Å². The van der Waals surface area contributed by atoms with Gasteiger partial charge in [0.2, 0.25) is 0 Å². The molecule has 0 aliphatic heterocycles. The van der Waals surface area contributed by atoms with Gasteiger partial charge in [-0.3, -0.25) is 14.8 Å². The minimum absolute atomic E-state index is 0.0866. The van der Waals surface area contributed by atoms with Crippen LogP contribution in [0.2, 0.25) is 0 Å². The highest BCUT2D eigenvalue weighted by Crippen LogP contribution is 2.35. The Hall–Kier alpha value is -2.76. The number of hydrogen-bond acceptors (Lipinski definition) is 8. The standard InChI is InChI=1S/C18H14N4O2S2/c1-2-24-17(23)11-26-18-13(9-19)12(16-4-3-7-25-16)8-14(22-18)15-10-20-5-6-21-15/h3-8,10H,2,11H2,1H3. The fraction of sp³-hybridized carbons (Fsp3) is 0.167. The van der Waals surface area contributed by atoms with Gasteiger partial charge in [0.05, 0.1) is 29.8 Å². The van der Waals surface area contributed by atoms with E-state index >= 15 is 0 Å². The summed E-state index contributed by atoms with van der Waals surface area (Å²) < 4.78 is 4.96. The summed E-state index contributed by atoms with van der Waals surface area (Å²) >= 11 is 2.72. The number of thiophene rings is 1. The molecule has 3 rings (SSSR count). The number of thioether (sulfide) groups is 1. The summed E-state index contributed by atoms with van der Waals surface area (Å²) in [5.74, 6) is -0.255. The molecule has 0 amide bonds. The maximum atomic E-state index is 11.7. The van der Waals surface area contributed by atoms with Crippen LogP contribution in [0.3, 0.4) is 0 Å². The third-order valence-electron chi connectivity index (χ3n) is 3.34. The number of esters is 1. The Kier molecular flexibility index (Phi) is 5.94. The summed E-state index contributed by atoms with van der Waals surface area (Å²) in [6.45, 7) is 2.07. The van der Waals surface area contributed by atoms with E-state index in [1.165, 1.54) is 23.1 Å². The third-order valence-corrected chi connectivity index (χ3v) is 5.19. The molecule has 0 unspecified atom stereocenters. The van der Waals surface area contributed by atoms with Crippen molar-refractivity contribution >= 4 is 29.1 Å². The molecule has 0 radical (unpaired) electrons. The summed E-state index contributed by atoms with van der Waals surface area (Å²) in [6, 6.07) is 7.93. The molecule has 0 bridgehead atoms. The first-order chi connectivity index (χ1) is 12.7. The molecule has 0 aromatic carbocycles. The topological polar surface area (TPSA) is 88.8 Å². The number of carbonyl (C=O) groups excluding carboxylic acids is 1. The Morgan fingerprint density at radius 3 is 2.92 bits per heavy atom. The fourth-order valence-electron chi connectivity index (χ4n) is 2.25. The van der Waals surface area contributed by atoms with Crippen LogP contribution in [0.15, 0.2) is 47.2 Å². The molecule has 0 spiro atoms. The van der Waals surface area contributed by atoms with Crippen LogP contribution in [0.1, 0.15) is 12.5 Å². The van der Waals surface area contributed by atoms with Crippen LogP contribution in [-0.4, -0.2) is 33.3 Å². The maximum Gasteiger partial charge on any atom is 0.316 e. The molecule has 0 saturated carbocycles. The second kappa shape index (κ2) is 8.56. The molecule has 3 aromatic rings. The minimum Gasteiger partial charge on any atom is -0.465 e. The first-order valence-electron chi connectivity index (χ1n) is 7.76. The second-order valence-corrected chi connectivity index (χ2v) is 6.92. The smallest absolute Gasteiger partial charge is 0.316 e. The number of nitriles is 1. The highest BCUT2D eigenvalue weighted by atomic mass is 32.2. The van der Waals surface area contributed by atoms with E-state index in [4.69, 9.17) is 4.74 Å². The summed E-state index contributed by atoms with van der Waals surface area (Å²) in [6.07, 6.45) is 4.79. The summed E-state index contributed by atoms with van der Waals surface area (Å²) in [5, 5.41) is 12.1. The monoisotopic (exact) mass is 382 g/mol. The van der Waals surface area contributed by atoms with Crippen molar-refractivity contribution in [1.29, 1.82) is 5.26 Å². The van der Waals surface area contributed by atoms with Gasteiger partial charge in [0.25, 0.3) is 0 Å². The molecule has 130 valence electrons. The number of nitrogens with zero attached hydrogens (tertiary/aromatic N) is 4. The van der Waals surface area contributed by atoms with Crippen LogP contribution >= 0.6 is 23.1 Å². The van der Waals surface area contributed by atoms with Crippen LogP contribution in [0.25, 0.3) is 21.8 Å².